The molecule has 1 amide bonds. The van der Waals surface area contributed by atoms with Gasteiger partial charge in [-0.15, -0.1) is 11.3 Å². The third kappa shape index (κ3) is 7.72. The van der Waals surface area contributed by atoms with Crippen molar-refractivity contribution in [3.63, 3.8) is 0 Å². The van der Waals surface area contributed by atoms with Gasteiger partial charge in [-0.05, 0) is 60.2 Å². The van der Waals surface area contributed by atoms with Crippen LogP contribution in [0.25, 0.3) is 10.4 Å². The quantitative estimate of drug-likeness (QED) is 0.184. The highest BCUT2D eigenvalue weighted by Gasteiger charge is 2.25. The zero-order chi connectivity index (χ0) is 32.1. The molecule has 0 spiro atoms. The van der Waals surface area contributed by atoms with Crippen LogP contribution < -0.4 is 10.0 Å². The number of amides is 1. The van der Waals surface area contributed by atoms with Crippen LogP contribution in [0.15, 0.2) is 83.8 Å². The van der Waals surface area contributed by atoms with Gasteiger partial charge < -0.3 is 14.8 Å². The molecule has 9 nitrogen and oxygen atoms in total. The molecule has 4 aromatic rings. The van der Waals surface area contributed by atoms with E-state index in [1.165, 1.54) is 23.5 Å². The van der Waals surface area contributed by atoms with Crippen LogP contribution >= 0.6 is 11.3 Å². The molecule has 2 N–H and O–H groups in total. The molecule has 0 unspecified atom stereocenters. The summed E-state index contributed by atoms with van der Waals surface area (Å²) >= 11 is 1.19. The van der Waals surface area contributed by atoms with Gasteiger partial charge in [0.2, 0.25) is 0 Å². The lowest BCUT2D eigenvalue weighted by Crippen LogP contribution is -2.23. The fraction of sp³-hybridized carbons (Fsp3) is 0.242. The first-order valence-corrected chi connectivity index (χ1v) is 16.2. The summed E-state index contributed by atoms with van der Waals surface area (Å²) in [6.07, 6.45) is 0. The standard InChI is InChI=1S/C33H34N2O7S2/c1-6-41-32(38)25-19-27(22-12-8-7-9-13-22)43-30(25)34-29(36)20-42-31(37)24-14-10-11-15-26(24)35-44(39,40)28-18-23(33(3,4)5)17-16-21(28)2/h7-19,35H,6,20H2,1-5H3,(H,34,36). The molecule has 230 valence electrons. The van der Waals surface area contributed by atoms with Gasteiger partial charge in [-0.25, -0.2) is 18.0 Å². The summed E-state index contributed by atoms with van der Waals surface area (Å²) in [5, 5.41) is 2.89. The average Bonchev–Trinajstić information content (AvgIpc) is 3.40. The van der Waals surface area contributed by atoms with Crippen molar-refractivity contribution < 1.29 is 32.3 Å². The second kappa shape index (κ2) is 13.4. The number of sulfonamides is 1. The van der Waals surface area contributed by atoms with Crippen LogP contribution in [0.1, 0.15) is 59.5 Å². The number of benzene rings is 3. The Hall–Kier alpha value is -4.48. The van der Waals surface area contributed by atoms with E-state index >= 15 is 0 Å². The highest BCUT2D eigenvalue weighted by molar-refractivity contribution is 7.92. The number of para-hydroxylation sites is 1. The highest BCUT2D eigenvalue weighted by atomic mass is 32.2. The van der Waals surface area contributed by atoms with Gasteiger partial charge in [-0.1, -0.05) is 75.4 Å². The molecule has 0 atom stereocenters. The largest absolute Gasteiger partial charge is 0.462 e. The molecule has 0 bridgehead atoms. The Morgan fingerprint density at radius 2 is 1.50 bits per heavy atom. The van der Waals surface area contributed by atoms with Crippen LogP contribution in [0.5, 0.6) is 0 Å². The van der Waals surface area contributed by atoms with Gasteiger partial charge in [0, 0.05) is 4.88 Å². The van der Waals surface area contributed by atoms with Gasteiger partial charge in [0.1, 0.15) is 5.00 Å². The van der Waals surface area contributed by atoms with Crippen molar-refractivity contribution in [2.75, 3.05) is 23.3 Å². The normalized spacial score (nSPS) is 11.5. The number of carbonyl (C=O) groups excluding carboxylic acids is 3. The molecule has 1 aromatic heterocycles. The maximum atomic E-state index is 13.4. The molecular formula is C33H34N2O7S2. The number of hydrogen-bond donors (Lipinski definition) is 2. The van der Waals surface area contributed by atoms with Gasteiger partial charge in [0.25, 0.3) is 15.9 Å². The lowest BCUT2D eigenvalue weighted by molar-refractivity contribution is -0.119. The number of thiophene rings is 1. The molecule has 0 aliphatic rings. The topological polar surface area (TPSA) is 128 Å². The Morgan fingerprint density at radius 1 is 0.841 bits per heavy atom. The molecule has 4 rings (SSSR count). The number of ether oxygens (including phenoxy) is 2. The molecule has 0 aliphatic heterocycles. The number of anilines is 2. The second-order valence-corrected chi connectivity index (χ2v) is 13.6. The minimum atomic E-state index is -4.07. The maximum absolute atomic E-state index is 13.4. The average molecular weight is 635 g/mol. The van der Waals surface area contributed by atoms with Gasteiger partial charge in [-0.2, -0.15) is 0 Å². The Bertz CT molecular complexity index is 1790. The van der Waals surface area contributed by atoms with Crippen molar-refractivity contribution in [1.82, 2.24) is 0 Å². The first-order chi connectivity index (χ1) is 20.8. The van der Waals surface area contributed by atoms with E-state index in [2.05, 4.69) is 10.0 Å². The predicted molar refractivity (Wildman–Crippen MR) is 172 cm³/mol. The van der Waals surface area contributed by atoms with E-state index in [1.807, 2.05) is 57.2 Å². The third-order valence-corrected chi connectivity index (χ3v) is 9.22. The third-order valence-electron chi connectivity index (χ3n) is 6.61. The molecular weight excluding hydrogens is 601 g/mol. The van der Waals surface area contributed by atoms with Crippen LogP contribution in [-0.2, 0) is 29.7 Å². The zero-order valence-electron chi connectivity index (χ0n) is 25.1. The van der Waals surface area contributed by atoms with Gasteiger partial charge in [0.05, 0.1) is 28.3 Å². The molecule has 0 saturated carbocycles. The van der Waals surface area contributed by atoms with E-state index < -0.39 is 34.5 Å². The molecule has 44 heavy (non-hydrogen) atoms. The summed E-state index contributed by atoms with van der Waals surface area (Å²) < 4.78 is 39.7. The van der Waals surface area contributed by atoms with Crippen LogP contribution in [0, 0.1) is 6.92 Å². The minimum absolute atomic E-state index is 0.00817. The summed E-state index contributed by atoms with van der Waals surface area (Å²) in [6, 6.07) is 22.2. The number of esters is 2. The van der Waals surface area contributed by atoms with Gasteiger partial charge in [0.15, 0.2) is 6.61 Å². The van der Waals surface area contributed by atoms with Crippen LogP contribution in [-0.4, -0.2) is 39.5 Å². The van der Waals surface area contributed by atoms with Crippen molar-refractivity contribution in [2.24, 2.45) is 0 Å². The number of hydrogen-bond acceptors (Lipinski definition) is 8. The van der Waals surface area contributed by atoms with E-state index in [4.69, 9.17) is 9.47 Å². The molecule has 0 radical (unpaired) electrons. The Morgan fingerprint density at radius 3 is 2.18 bits per heavy atom. The van der Waals surface area contributed by atoms with Crippen molar-refractivity contribution in [2.45, 2.75) is 44.9 Å². The fourth-order valence-corrected chi connectivity index (χ4v) is 6.69. The van der Waals surface area contributed by atoms with E-state index in [9.17, 15) is 22.8 Å². The van der Waals surface area contributed by atoms with Crippen molar-refractivity contribution >= 4 is 49.9 Å². The molecule has 0 fully saturated rings. The van der Waals surface area contributed by atoms with Crippen molar-refractivity contribution in [3.8, 4) is 10.4 Å². The smallest absolute Gasteiger partial charge is 0.341 e. The van der Waals surface area contributed by atoms with E-state index in [0.29, 0.717) is 5.56 Å². The first kappa shape index (κ1) is 32.4. The summed E-state index contributed by atoms with van der Waals surface area (Å²) in [6.45, 7) is 8.83. The van der Waals surface area contributed by atoms with Gasteiger partial charge >= 0.3 is 11.9 Å². The molecule has 11 heteroatoms. The molecule has 0 saturated heterocycles. The highest BCUT2D eigenvalue weighted by Crippen LogP contribution is 2.36. The van der Waals surface area contributed by atoms with Crippen molar-refractivity contribution in [1.29, 1.82) is 0 Å². The first-order valence-electron chi connectivity index (χ1n) is 13.9. The van der Waals surface area contributed by atoms with Gasteiger partial charge in [-0.3, -0.25) is 9.52 Å². The number of rotatable bonds is 10. The van der Waals surface area contributed by atoms with Crippen LogP contribution in [0.3, 0.4) is 0 Å². The monoisotopic (exact) mass is 634 g/mol. The van der Waals surface area contributed by atoms with Crippen LogP contribution in [0.2, 0.25) is 0 Å². The Balaban J connectivity index is 1.49. The molecule has 3 aromatic carbocycles. The maximum Gasteiger partial charge on any atom is 0.341 e. The van der Waals surface area contributed by atoms with E-state index in [0.717, 1.165) is 16.0 Å². The van der Waals surface area contributed by atoms with E-state index in [1.54, 1.807) is 44.2 Å². The van der Waals surface area contributed by atoms with Crippen molar-refractivity contribution in [3.05, 3.63) is 101 Å². The summed E-state index contributed by atoms with van der Waals surface area (Å²) in [7, 11) is -4.07. The predicted octanol–water partition coefficient (Wildman–Crippen LogP) is 6.79. The Labute approximate surface area is 261 Å². The summed E-state index contributed by atoms with van der Waals surface area (Å²) in [5.74, 6) is -2.18. The Kier molecular flexibility index (Phi) is 9.91. The second-order valence-electron chi connectivity index (χ2n) is 10.9. The summed E-state index contributed by atoms with van der Waals surface area (Å²) in [5.41, 5.74) is 2.10. The lowest BCUT2D eigenvalue weighted by Gasteiger charge is -2.21. The SMILES string of the molecule is CCOC(=O)c1cc(-c2ccccc2)sc1NC(=O)COC(=O)c1ccccc1NS(=O)(=O)c1cc(C(C)(C)C)ccc1C. The number of nitrogens with one attached hydrogen (secondary N) is 2. The zero-order valence-corrected chi connectivity index (χ0v) is 26.7. The molecule has 1 heterocycles. The lowest BCUT2D eigenvalue weighted by atomic mass is 9.87. The molecule has 0 aliphatic carbocycles. The van der Waals surface area contributed by atoms with Crippen LogP contribution in [0.4, 0.5) is 10.7 Å². The minimum Gasteiger partial charge on any atom is -0.462 e. The van der Waals surface area contributed by atoms with E-state index in [-0.39, 0.29) is 38.7 Å². The number of carbonyl (C=O) groups is 3. The fourth-order valence-electron chi connectivity index (χ4n) is 4.27. The summed E-state index contributed by atoms with van der Waals surface area (Å²) in [4.78, 5) is 39.3. The number of aryl methyl sites for hydroxylation is 1.